The minimum Gasteiger partial charge on any atom is -0.759 e. The van der Waals surface area contributed by atoms with Crippen LogP contribution in [0.3, 0.4) is 0 Å². The fraction of sp³-hybridized carbons (Fsp3) is 0. The van der Waals surface area contributed by atoms with Crippen LogP contribution < -0.4 is 18.9 Å². The molecule has 0 aliphatic heterocycles. The molecule has 0 rings (SSSR count). The van der Waals surface area contributed by atoms with Crippen LogP contribution in [-0.4, -0.2) is 35.0 Å². The molecule has 12 heavy (non-hydrogen) atoms. The summed E-state index contributed by atoms with van der Waals surface area (Å²) in [4.78, 5) is 0. The van der Waals surface area contributed by atoms with Crippen molar-refractivity contribution in [2.45, 2.75) is 0 Å². The molecule has 0 saturated heterocycles. The molecule has 0 spiro atoms. The van der Waals surface area contributed by atoms with Gasteiger partial charge in [0, 0.05) is 10.4 Å². The normalized spacial score (nSPS) is 9.67. The maximum atomic E-state index is 8.63. The van der Waals surface area contributed by atoms with Gasteiger partial charge in [0.05, 0.1) is 0 Å². The smallest absolute Gasteiger partial charge is 0.759 e. The van der Waals surface area contributed by atoms with E-state index in [1.165, 1.54) is 0 Å². The van der Waals surface area contributed by atoms with Crippen LogP contribution in [0.2, 0.25) is 0 Å². The zero-order valence-corrected chi connectivity index (χ0v) is 10.4. The van der Waals surface area contributed by atoms with Crippen molar-refractivity contribution < 1.29 is 73.4 Å². The van der Waals surface area contributed by atoms with Gasteiger partial charge in [-0.15, -0.1) is 0 Å². The molecular weight excluding hydrogens is 264 g/mol. The van der Waals surface area contributed by atoms with Gasteiger partial charge in [-0.1, -0.05) is 0 Å². The molecule has 0 aliphatic rings. The summed E-state index contributed by atoms with van der Waals surface area (Å²) in [6, 6.07) is 0. The Balaban J connectivity index is -0.0000000457. The molecule has 0 amide bonds. The zero-order chi connectivity index (χ0) is 9.00. The Hall–Kier alpha value is 0.961. The SMILES string of the molecule is O=S(=O)([O-])O.O=S(=O)([O-])[O-].[Li+].[Zn+2]. The Morgan fingerprint density at radius 1 is 0.917 bits per heavy atom. The molecule has 0 aromatic carbocycles. The monoisotopic (exact) mass is 264 g/mol. The Morgan fingerprint density at radius 2 is 0.917 bits per heavy atom. The Bertz CT molecular complexity index is 213. The first-order valence-electron chi connectivity index (χ1n) is 1.35. The van der Waals surface area contributed by atoms with E-state index in [1.807, 2.05) is 0 Å². The summed E-state index contributed by atoms with van der Waals surface area (Å²) in [5.74, 6) is 0. The average Bonchev–Trinajstić information content (AvgIpc) is 1.12. The third kappa shape index (κ3) is 1180. The van der Waals surface area contributed by atoms with Crippen LogP contribution in [0.25, 0.3) is 0 Å². The van der Waals surface area contributed by atoms with Gasteiger partial charge < -0.3 is 13.7 Å². The van der Waals surface area contributed by atoms with Gasteiger partial charge in [-0.3, -0.25) is 13.0 Å². The summed E-state index contributed by atoms with van der Waals surface area (Å²) in [6.45, 7) is 0. The van der Waals surface area contributed by atoms with Crippen LogP contribution in [0, 0.1) is 0 Å². The first kappa shape index (κ1) is 23.1. The van der Waals surface area contributed by atoms with Gasteiger partial charge in [0.2, 0.25) is 10.4 Å². The Kier molecular flexibility index (Phi) is 16.5. The molecule has 0 aliphatic carbocycles. The molecule has 0 bridgehead atoms. The summed E-state index contributed by atoms with van der Waals surface area (Å²) < 4.78 is 66.9. The average molecular weight is 265 g/mol. The topological polar surface area (TPSA) is 158 Å². The van der Waals surface area contributed by atoms with Crippen molar-refractivity contribution >= 4 is 20.8 Å². The molecule has 0 heterocycles. The molecule has 64 valence electrons. The van der Waals surface area contributed by atoms with E-state index in [2.05, 4.69) is 0 Å². The predicted octanol–water partition coefficient (Wildman–Crippen LogP) is -5.33. The fourth-order valence-electron chi connectivity index (χ4n) is 0. The third-order valence-electron chi connectivity index (χ3n) is 0. The molecule has 12 heteroatoms. The summed E-state index contributed by atoms with van der Waals surface area (Å²) in [7, 11) is -10.1. The van der Waals surface area contributed by atoms with Crippen LogP contribution in [0.1, 0.15) is 0 Å². The summed E-state index contributed by atoms with van der Waals surface area (Å²) >= 11 is 0. The van der Waals surface area contributed by atoms with E-state index in [4.69, 9.17) is 35.0 Å². The molecule has 0 fully saturated rings. The van der Waals surface area contributed by atoms with E-state index in [-0.39, 0.29) is 38.3 Å². The molecule has 0 aromatic heterocycles. The van der Waals surface area contributed by atoms with E-state index in [9.17, 15) is 0 Å². The number of rotatable bonds is 0. The van der Waals surface area contributed by atoms with Crippen molar-refractivity contribution in [1.82, 2.24) is 0 Å². The molecular formula is HLiO8S2Zn. The number of hydrogen-bond acceptors (Lipinski definition) is 7. The van der Waals surface area contributed by atoms with Gasteiger partial charge in [-0.2, -0.15) is 0 Å². The van der Waals surface area contributed by atoms with Crippen LogP contribution in [-0.2, 0) is 40.3 Å². The van der Waals surface area contributed by atoms with Crippen LogP contribution in [0.4, 0.5) is 0 Å². The minimum atomic E-state index is -5.17. The largest absolute Gasteiger partial charge is 2.00 e. The molecule has 0 aromatic rings. The van der Waals surface area contributed by atoms with Gasteiger partial charge in [0.15, 0.2) is 0 Å². The standard InChI is InChI=1S/Li.2H2O4S.Zn/c;2*1-5(2,3)4;/h;2*(H2,1,2,3,4);/q+1;;;+2/p-3. The second-order valence-electron chi connectivity index (χ2n) is 0.836. The quantitative estimate of drug-likeness (QED) is 0.258. The van der Waals surface area contributed by atoms with Crippen LogP contribution >= 0.6 is 0 Å². The Labute approximate surface area is 93.8 Å². The maximum Gasteiger partial charge on any atom is 2.00 e. The van der Waals surface area contributed by atoms with E-state index in [1.54, 1.807) is 0 Å². The summed E-state index contributed by atoms with van der Waals surface area (Å²) in [5, 5.41) is 0. The summed E-state index contributed by atoms with van der Waals surface area (Å²) in [5.41, 5.74) is 0. The van der Waals surface area contributed by atoms with Gasteiger partial charge in [-0.05, 0) is 0 Å². The molecule has 0 radical (unpaired) electrons. The van der Waals surface area contributed by atoms with Crippen molar-refractivity contribution in [3.8, 4) is 0 Å². The second-order valence-corrected chi connectivity index (χ2v) is 2.51. The molecule has 1 N–H and O–H groups in total. The van der Waals surface area contributed by atoms with Gasteiger partial charge in [-0.25, -0.2) is 8.42 Å². The van der Waals surface area contributed by atoms with Gasteiger partial charge in [0.25, 0.3) is 0 Å². The first-order chi connectivity index (χ1) is 4.00. The first-order valence-corrected chi connectivity index (χ1v) is 4.05. The van der Waals surface area contributed by atoms with Gasteiger partial charge >= 0.3 is 38.3 Å². The van der Waals surface area contributed by atoms with Crippen molar-refractivity contribution in [3.05, 3.63) is 0 Å². The van der Waals surface area contributed by atoms with Crippen LogP contribution in [0.5, 0.6) is 0 Å². The van der Waals surface area contributed by atoms with Gasteiger partial charge in [0.1, 0.15) is 0 Å². The van der Waals surface area contributed by atoms with Crippen molar-refractivity contribution in [3.63, 3.8) is 0 Å². The van der Waals surface area contributed by atoms with Crippen LogP contribution in [0.15, 0.2) is 0 Å². The fourth-order valence-corrected chi connectivity index (χ4v) is 0. The van der Waals surface area contributed by atoms with Crippen molar-refractivity contribution in [2.24, 2.45) is 0 Å². The molecule has 0 atom stereocenters. The molecule has 8 nitrogen and oxygen atoms in total. The molecule has 0 saturated carbocycles. The van der Waals surface area contributed by atoms with E-state index in [0.29, 0.717) is 0 Å². The second kappa shape index (κ2) is 8.55. The van der Waals surface area contributed by atoms with Crippen molar-refractivity contribution in [1.29, 1.82) is 0 Å². The van der Waals surface area contributed by atoms with E-state index < -0.39 is 20.8 Å². The molecule has 0 unspecified atom stereocenters. The van der Waals surface area contributed by atoms with E-state index >= 15 is 0 Å². The minimum absolute atomic E-state index is 0. The maximum absolute atomic E-state index is 8.63. The Morgan fingerprint density at radius 3 is 0.917 bits per heavy atom. The third-order valence-corrected chi connectivity index (χ3v) is 0. The van der Waals surface area contributed by atoms with Crippen molar-refractivity contribution in [2.75, 3.05) is 0 Å². The predicted molar refractivity (Wildman–Crippen MR) is 22.8 cm³/mol. The summed E-state index contributed by atoms with van der Waals surface area (Å²) in [6.07, 6.45) is 0. The zero-order valence-electron chi connectivity index (χ0n) is 5.83. The number of hydrogen-bond donors (Lipinski definition) is 1. The van der Waals surface area contributed by atoms with E-state index in [0.717, 1.165) is 0 Å².